The quantitative estimate of drug-likeness (QED) is 0.540. The first-order chi connectivity index (χ1) is 8.27. The second kappa shape index (κ2) is 3.25. The molecule has 4 bridgehead atoms. The summed E-state index contributed by atoms with van der Waals surface area (Å²) >= 11 is 0. The van der Waals surface area contributed by atoms with Gasteiger partial charge < -0.3 is 5.43 Å². The van der Waals surface area contributed by atoms with Gasteiger partial charge in [-0.1, -0.05) is 0 Å². The van der Waals surface area contributed by atoms with E-state index < -0.39 is 0 Å². The Hall–Kier alpha value is -1.03. The smallest absolute Gasteiger partial charge is 0.162 e. The highest BCUT2D eigenvalue weighted by molar-refractivity contribution is 5.37. The van der Waals surface area contributed by atoms with Crippen molar-refractivity contribution in [3.63, 3.8) is 0 Å². The third kappa shape index (κ3) is 1.36. The molecule has 1 heterocycles. The van der Waals surface area contributed by atoms with Gasteiger partial charge in [-0.15, -0.1) is 0 Å². The zero-order valence-electron chi connectivity index (χ0n) is 10.1. The summed E-state index contributed by atoms with van der Waals surface area (Å²) in [5.74, 6) is 9.11. The van der Waals surface area contributed by atoms with Crippen LogP contribution in [0.3, 0.4) is 0 Å². The molecule has 92 valence electrons. The monoisotopic (exact) mass is 232 g/mol. The first kappa shape index (κ1) is 9.95. The molecule has 4 fully saturated rings. The lowest BCUT2D eigenvalue weighted by Gasteiger charge is -2.56. The standard InChI is InChI=1S/C13H20N4/c14-15-12-4-11(16-17-12)13-5-8-1-9(6-13)3-10(2-8)7-13/h4,8-10H,1-3,5-7,14H2,(H2,15,16,17). The van der Waals surface area contributed by atoms with Crippen LogP contribution in [-0.4, -0.2) is 10.2 Å². The Labute approximate surface area is 101 Å². The number of nitrogens with two attached hydrogens (primary N) is 1. The van der Waals surface area contributed by atoms with Crippen molar-refractivity contribution in [2.75, 3.05) is 5.43 Å². The van der Waals surface area contributed by atoms with Crippen LogP contribution in [0.4, 0.5) is 5.82 Å². The van der Waals surface area contributed by atoms with Crippen molar-refractivity contribution in [1.82, 2.24) is 10.2 Å². The van der Waals surface area contributed by atoms with Crippen molar-refractivity contribution in [3.8, 4) is 0 Å². The maximum absolute atomic E-state index is 5.42. The van der Waals surface area contributed by atoms with Crippen LogP contribution in [0.25, 0.3) is 0 Å². The third-order valence-electron chi connectivity index (χ3n) is 5.34. The van der Waals surface area contributed by atoms with E-state index in [4.69, 9.17) is 5.84 Å². The fourth-order valence-electron chi connectivity index (χ4n) is 5.11. The SMILES string of the molecule is NNc1cc(C23CC4CC(CC(C4)C2)C3)[nH]n1. The fraction of sp³-hybridized carbons (Fsp3) is 0.769. The molecule has 1 aromatic heterocycles. The first-order valence-electron chi connectivity index (χ1n) is 6.80. The van der Waals surface area contributed by atoms with Gasteiger partial charge in [-0.2, -0.15) is 5.10 Å². The summed E-state index contributed by atoms with van der Waals surface area (Å²) < 4.78 is 0. The first-order valence-corrected chi connectivity index (χ1v) is 6.80. The van der Waals surface area contributed by atoms with Gasteiger partial charge >= 0.3 is 0 Å². The number of H-pyrrole nitrogens is 1. The molecule has 0 aliphatic heterocycles. The maximum atomic E-state index is 5.42. The van der Waals surface area contributed by atoms with Gasteiger partial charge in [0.25, 0.3) is 0 Å². The van der Waals surface area contributed by atoms with Crippen LogP contribution >= 0.6 is 0 Å². The van der Waals surface area contributed by atoms with Gasteiger partial charge in [0.2, 0.25) is 0 Å². The summed E-state index contributed by atoms with van der Waals surface area (Å²) in [5.41, 5.74) is 4.36. The van der Waals surface area contributed by atoms with Crippen molar-refractivity contribution in [3.05, 3.63) is 11.8 Å². The summed E-state index contributed by atoms with van der Waals surface area (Å²) in [6.45, 7) is 0. The van der Waals surface area contributed by atoms with Gasteiger partial charge in [0.1, 0.15) is 0 Å². The highest BCUT2D eigenvalue weighted by Gasteiger charge is 2.52. The van der Waals surface area contributed by atoms with E-state index in [2.05, 4.69) is 21.7 Å². The second-order valence-corrected chi connectivity index (χ2v) is 6.51. The Morgan fingerprint density at radius 3 is 2.24 bits per heavy atom. The largest absolute Gasteiger partial charge is 0.307 e. The van der Waals surface area contributed by atoms with E-state index in [1.807, 2.05) is 0 Å². The number of aromatic nitrogens is 2. The van der Waals surface area contributed by atoms with Crippen molar-refractivity contribution in [2.24, 2.45) is 23.6 Å². The molecule has 0 unspecified atom stereocenters. The molecule has 4 N–H and O–H groups in total. The number of aromatic amines is 1. The zero-order chi connectivity index (χ0) is 11.5. The molecule has 0 radical (unpaired) electrons. The van der Waals surface area contributed by atoms with Crippen LogP contribution in [-0.2, 0) is 5.41 Å². The predicted octanol–water partition coefficient (Wildman–Crippen LogP) is 2.16. The molecule has 4 nitrogen and oxygen atoms in total. The van der Waals surface area contributed by atoms with Gasteiger partial charge in [-0.05, 0) is 56.3 Å². The lowest BCUT2D eigenvalue weighted by Crippen LogP contribution is -2.48. The molecule has 0 atom stereocenters. The molecule has 4 aliphatic rings. The van der Waals surface area contributed by atoms with Crippen LogP contribution in [0.2, 0.25) is 0 Å². The number of nitrogens with zero attached hydrogens (tertiary/aromatic N) is 1. The van der Waals surface area contributed by atoms with E-state index in [-0.39, 0.29) is 0 Å². The normalized spacial score (nSPS) is 43.0. The van der Waals surface area contributed by atoms with E-state index >= 15 is 0 Å². The molecule has 17 heavy (non-hydrogen) atoms. The number of hydrogen-bond acceptors (Lipinski definition) is 3. The maximum Gasteiger partial charge on any atom is 0.162 e. The van der Waals surface area contributed by atoms with Crippen LogP contribution in [0, 0.1) is 17.8 Å². The van der Waals surface area contributed by atoms with Crippen molar-refractivity contribution >= 4 is 5.82 Å². The summed E-state index contributed by atoms with van der Waals surface area (Å²) in [6, 6.07) is 2.12. The van der Waals surface area contributed by atoms with Gasteiger partial charge in [-0.25, -0.2) is 5.84 Å². The van der Waals surface area contributed by atoms with E-state index in [1.165, 1.54) is 44.2 Å². The minimum atomic E-state index is 0.400. The van der Waals surface area contributed by atoms with Crippen molar-refractivity contribution in [2.45, 2.75) is 43.9 Å². The molecule has 4 heteroatoms. The van der Waals surface area contributed by atoms with Crippen molar-refractivity contribution in [1.29, 1.82) is 0 Å². The molecule has 4 aliphatic carbocycles. The van der Waals surface area contributed by atoms with Gasteiger partial charge in [0, 0.05) is 17.2 Å². The topological polar surface area (TPSA) is 66.7 Å². The average Bonchev–Trinajstić information content (AvgIpc) is 2.76. The number of hydrazine groups is 1. The molecule has 5 rings (SSSR count). The summed E-state index contributed by atoms with van der Waals surface area (Å²) in [4.78, 5) is 0. The minimum absolute atomic E-state index is 0.400. The number of hydrogen-bond donors (Lipinski definition) is 3. The number of rotatable bonds is 2. The van der Waals surface area contributed by atoms with Gasteiger partial charge in [0.05, 0.1) is 0 Å². The summed E-state index contributed by atoms with van der Waals surface area (Å²) in [5, 5.41) is 7.45. The highest BCUT2D eigenvalue weighted by Crippen LogP contribution is 2.60. The van der Waals surface area contributed by atoms with Gasteiger partial charge in [-0.3, -0.25) is 5.10 Å². The van der Waals surface area contributed by atoms with Crippen LogP contribution in [0.1, 0.15) is 44.2 Å². The van der Waals surface area contributed by atoms with E-state index in [0.29, 0.717) is 5.41 Å². The zero-order valence-corrected chi connectivity index (χ0v) is 10.1. The van der Waals surface area contributed by atoms with Crippen LogP contribution in [0.15, 0.2) is 6.07 Å². The number of anilines is 1. The number of nitrogens with one attached hydrogen (secondary N) is 2. The van der Waals surface area contributed by atoms with Crippen LogP contribution < -0.4 is 11.3 Å². The Balaban J connectivity index is 1.72. The molecule has 0 amide bonds. The Kier molecular flexibility index (Phi) is 1.90. The molecular formula is C13H20N4. The minimum Gasteiger partial charge on any atom is -0.307 e. The highest BCUT2D eigenvalue weighted by atomic mass is 15.3. The third-order valence-corrected chi connectivity index (χ3v) is 5.34. The lowest BCUT2D eigenvalue weighted by molar-refractivity contribution is -0.00721. The Bertz CT molecular complexity index is 401. The molecule has 0 aromatic carbocycles. The molecule has 1 aromatic rings. The Morgan fingerprint density at radius 2 is 1.76 bits per heavy atom. The molecule has 4 saturated carbocycles. The fourth-order valence-corrected chi connectivity index (χ4v) is 5.11. The Morgan fingerprint density at radius 1 is 1.18 bits per heavy atom. The van der Waals surface area contributed by atoms with Gasteiger partial charge in [0.15, 0.2) is 5.82 Å². The summed E-state index contributed by atoms with van der Waals surface area (Å²) in [6.07, 6.45) is 8.54. The average molecular weight is 232 g/mol. The molecule has 0 saturated heterocycles. The molecule has 0 spiro atoms. The van der Waals surface area contributed by atoms with E-state index in [1.54, 1.807) is 0 Å². The van der Waals surface area contributed by atoms with E-state index in [0.717, 1.165) is 23.6 Å². The summed E-state index contributed by atoms with van der Waals surface area (Å²) in [7, 11) is 0. The van der Waals surface area contributed by atoms with Crippen LogP contribution in [0.5, 0.6) is 0 Å². The van der Waals surface area contributed by atoms with Crippen molar-refractivity contribution < 1.29 is 0 Å². The predicted molar refractivity (Wildman–Crippen MR) is 66.2 cm³/mol. The number of nitrogen functional groups attached to an aromatic ring is 1. The molecular weight excluding hydrogens is 212 g/mol. The lowest BCUT2D eigenvalue weighted by atomic mass is 9.49. The van der Waals surface area contributed by atoms with E-state index in [9.17, 15) is 0 Å². The second-order valence-electron chi connectivity index (χ2n) is 6.51.